The Hall–Kier alpha value is -0.570. The summed E-state index contributed by atoms with van der Waals surface area (Å²) < 4.78 is 0. The van der Waals surface area contributed by atoms with E-state index >= 15 is 0 Å². The first-order valence-electron chi connectivity index (χ1n) is 7.20. The van der Waals surface area contributed by atoms with Gasteiger partial charge in [-0.3, -0.25) is 4.79 Å². The number of nitrogens with two attached hydrogens (primary N) is 1. The van der Waals surface area contributed by atoms with Crippen molar-refractivity contribution in [3.8, 4) is 0 Å². The molecule has 0 aromatic carbocycles. The highest BCUT2D eigenvalue weighted by Gasteiger charge is 2.13. The lowest BCUT2D eigenvalue weighted by molar-refractivity contribution is -0.121. The molecule has 0 aliphatic heterocycles. The molecule has 0 spiro atoms. The predicted molar refractivity (Wildman–Crippen MR) is 71.7 cm³/mol. The lowest BCUT2D eigenvalue weighted by Gasteiger charge is -2.21. The van der Waals surface area contributed by atoms with Crippen LogP contribution in [0.3, 0.4) is 0 Å². The van der Waals surface area contributed by atoms with E-state index in [0.717, 1.165) is 25.3 Å². The monoisotopic (exact) mass is 240 g/mol. The predicted octanol–water partition coefficient (Wildman–Crippen LogP) is 2.59. The van der Waals surface area contributed by atoms with Gasteiger partial charge in [0.25, 0.3) is 0 Å². The molecule has 1 fully saturated rings. The molecule has 0 aromatic heterocycles. The minimum absolute atomic E-state index is 0.196. The van der Waals surface area contributed by atoms with E-state index in [1.165, 1.54) is 38.5 Å². The molecule has 1 aliphatic rings. The second kappa shape index (κ2) is 8.51. The summed E-state index contributed by atoms with van der Waals surface area (Å²) >= 11 is 0. The van der Waals surface area contributed by atoms with Gasteiger partial charge in [-0.05, 0) is 32.1 Å². The van der Waals surface area contributed by atoms with Crippen LogP contribution in [0.1, 0.15) is 64.7 Å². The summed E-state index contributed by atoms with van der Waals surface area (Å²) in [5.74, 6) is 1.05. The van der Waals surface area contributed by atoms with Crippen LogP contribution in [0.5, 0.6) is 0 Å². The van der Waals surface area contributed by atoms with E-state index in [0.29, 0.717) is 6.42 Å². The summed E-state index contributed by atoms with van der Waals surface area (Å²) in [5.41, 5.74) is 5.64. The lowest BCUT2D eigenvalue weighted by atomic mass is 9.87. The number of hydrogen-bond acceptors (Lipinski definition) is 2. The van der Waals surface area contributed by atoms with Gasteiger partial charge in [0.2, 0.25) is 5.91 Å². The zero-order valence-electron chi connectivity index (χ0n) is 11.2. The maximum atomic E-state index is 11.5. The highest BCUT2D eigenvalue weighted by molar-refractivity contribution is 5.75. The fraction of sp³-hybridized carbons (Fsp3) is 0.929. The van der Waals surface area contributed by atoms with Gasteiger partial charge in [0.05, 0.1) is 0 Å². The number of rotatable bonds is 7. The van der Waals surface area contributed by atoms with Gasteiger partial charge in [-0.25, -0.2) is 0 Å². The second-order valence-electron chi connectivity index (χ2n) is 5.51. The Morgan fingerprint density at radius 2 is 2.06 bits per heavy atom. The smallest absolute Gasteiger partial charge is 0.219 e. The molecular weight excluding hydrogens is 212 g/mol. The molecule has 0 aromatic rings. The van der Waals surface area contributed by atoms with Crippen molar-refractivity contribution in [1.29, 1.82) is 0 Å². The molecule has 1 atom stereocenters. The summed E-state index contributed by atoms with van der Waals surface area (Å²) in [6.45, 7) is 2.85. The third-order valence-electron chi connectivity index (χ3n) is 3.66. The van der Waals surface area contributed by atoms with E-state index in [1.807, 2.05) is 6.92 Å². The van der Waals surface area contributed by atoms with Crippen molar-refractivity contribution in [1.82, 2.24) is 5.32 Å². The number of nitrogens with one attached hydrogen (secondary N) is 1. The van der Waals surface area contributed by atoms with Crippen LogP contribution in [0.2, 0.25) is 0 Å². The topological polar surface area (TPSA) is 55.1 Å². The third-order valence-corrected chi connectivity index (χ3v) is 3.66. The van der Waals surface area contributed by atoms with Crippen LogP contribution in [-0.2, 0) is 4.79 Å². The van der Waals surface area contributed by atoms with Crippen LogP contribution in [0, 0.1) is 5.92 Å². The van der Waals surface area contributed by atoms with Crippen LogP contribution in [0.25, 0.3) is 0 Å². The molecule has 0 bridgehead atoms. The summed E-state index contributed by atoms with van der Waals surface area (Å²) in [7, 11) is 0. The Morgan fingerprint density at radius 1 is 1.35 bits per heavy atom. The summed E-state index contributed by atoms with van der Waals surface area (Å²) in [5, 5.41) is 3.02. The first kappa shape index (κ1) is 14.5. The first-order chi connectivity index (χ1) is 8.18. The van der Waals surface area contributed by atoms with Crippen molar-refractivity contribution in [3.63, 3.8) is 0 Å². The summed E-state index contributed by atoms with van der Waals surface area (Å²) in [6.07, 6.45) is 10.5. The van der Waals surface area contributed by atoms with Crippen molar-refractivity contribution < 1.29 is 4.79 Å². The Bertz CT molecular complexity index is 210. The van der Waals surface area contributed by atoms with E-state index in [2.05, 4.69) is 5.32 Å². The van der Waals surface area contributed by atoms with Crippen molar-refractivity contribution in [2.75, 3.05) is 6.54 Å². The number of amides is 1. The van der Waals surface area contributed by atoms with Gasteiger partial charge in [-0.15, -0.1) is 0 Å². The molecule has 0 heterocycles. The normalized spacial score (nSPS) is 18.9. The van der Waals surface area contributed by atoms with Crippen molar-refractivity contribution in [2.24, 2.45) is 11.7 Å². The van der Waals surface area contributed by atoms with Crippen LogP contribution in [0.4, 0.5) is 0 Å². The molecule has 1 aliphatic carbocycles. The third kappa shape index (κ3) is 7.37. The summed E-state index contributed by atoms with van der Waals surface area (Å²) in [6, 6.07) is 0.213. The van der Waals surface area contributed by atoms with Crippen LogP contribution < -0.4 is 11.1 Å². The minimum atomic E-state index is 0.196. The molecule has 1 rings (SSSR count). The van der Waals surface area contributed by atoms with Gasteiger partial charge in [0, 0.05) is 19.0 Å². The lowest BCUT2D eigenvalue weighted by Crippen LogP contribution is -2.26. The van der Waals surface area contributed by atoms with Gasteiger partial charge in [0.1, 0.15) is 0 Å². The Kier molecular flexibility index (Phi) is 7.25. The molecule has 100 valence electrons. The molecule has 3 heteroatoms. The number of carbonyl (C=O) groups excluding carboxylic acids is 1. The highest BCUT2D eigenvalue weighted by Crippen LogP contribution is 2.25. The van der Waals surface area contributed by atoms with Gasteiger partial charge >= 0.3 is 0 Å². The average Bonchev–Trinajstić information content (AvgIpc) is 2.30. The fourth-order valence-corrected chi connectivity index (χ4v) is 2.56. The molecule has 1 unspecified atom stereocenters. The zero-order chi connectivity index (χ0) is 12.5. The van der Waals surface area contributed by atoms with Gasteiger partial charge in [-0.2, -0.15) is 0 Å². The average molecular weight is 240 g/mol. The van der Waals surface area contributed by atoms with Crippen molar-refractivity contribution in [3.05, 3.63) is 0 Å². The quantitative estimate of drug-likeness (QED) is 0.718. The van der Waals surface area contributed by atoms with Crippen LogP contribution in [0.15, 0.2) is 0 Å². The van der Waals surface area contributed by atoms with Crippen molar-refractivity contribution >= 4 is 5.91 Å². The first-order valence-corrected chi connectivity index (χ1v) is 7.20. The molecule has 1 amide bonds. The van der Waals surface area contributed by atoms with Gasteiger partial charge in [0.15, 0.2) is 0 Å². The van der Waals surface area contributed by atoms with Crippen LogP contribution in [-0.4, -0.2) is 18.5 Å². The van der Waals surface area contributed by atoms with Gasteiger partial charge < -0.3 is 11.1 Å². The van der Waals surface area contributed by atoms with E-state index in [1.54, 1.807) is 0 Å². The maximum Gasteiger partial charge on any atom is 0.219 e. The van der Waals surface area contributed by atoms with E-state index in [4.69, 9.17) is 5.73 Å². The highest BCUT2D eigenvalue weighted by atomic mass is 16.1. The maximum absolute atomic E-state index is 11.5. The Morgan fingerprint density at radius 3 is 2.71 bits per heavy atom. The molecule has 3 N–H and O–H groups in total. The Balaban J connectivity index is 1.95. The molecule has 17 heavy (non-hydrogen) atoms. The molecular formula is C14H28N2O. The van der Waals surface area contributed by atoms with Crippen LogP contribution >= 0.6 is 0 Å². The van der Waals surface area contributed by atoms with E-state index in [9.17, 15) is 4.79 Å². The molecule has 3 nitrogen and oxygen atoms in total. The number of hydrogen-bond donors (Lipinski definition) is 2. The SMILES string of the molecule is CC(N)CCCC(=O)NCCC1CCCCC1. The van der Waals surface area contributed by atoms with Gasteiger partial charge in [-0.1, -0.05) is 32.1 Å². The van der Waals surface area contributed by atoms with E-state index < -0.39 is 0 Å². The second-order valence-corrected chi connectivity index (χ2v) is 5.51. The Labute approximate surface area is 106 Å². The molecule has 0 radical (unpaired) electrons. The summed E-state index contributed by atoms with van der Waals surface area (Å²) in [4.78, 5) is 11.5. The fourth-order valence-electron chi connectivity index (χ4n) is 2.56. The largest absolute Gasteiger partial charge is 0.356 e. The standard InChI is InChI=1S/C14H28N2O/c1-12(15)6-5-9-14(17)16-11-10-13-7-3-2-4-8-13/h12-13H,2-11,15H2,1H3,(H,16,17). The zero-order valence-corrected chi connectivity index (χ0v) is 11.2. The minimum Gasteiger partial charge on any atom is -0.356 e. The molecule has 1 saturated carbocycles. The molecule has 0 saturated heterocycles. The number of carbonyl (C=O) groups is 1. The van der Waals surface area contributed by atoms with Crippen molar-refractivity contribution in [2.45, 2.75) is 70.8 Å². The van der Waals surface area contributed by atoms with E-state index in [-0.39, 0.29) is 11.9 Å².